The molecule has 0 bridgehead atoms. The number of amides is 2. The molecule has 2 amide bonds. The number of H-pyrrole nitrogens is 1. The van der Waals surface area contributed by atoms with E-state index in [1.807, 2.05) is 0 Å². The van der Waals surface area contributed by atoms with Crippen molar-refractivity contribution < 1.29 is 23.3 Å². The Kier molecular flexibility index (Phi) is 4.98. The average molecular weight is 389 g/mol. The molecule has 0 spiro atoms. The predicted molar refractivity (Wildman–Crippen MR) is 93.4 cm³/mol. The molecule has 0 saturated heterocycles. The zero-order chi connectivity index (χ0) is 20.4. The summed E-state index contributed by atoms with van der Waals surface area (Å²) in [6.45, 7) is 0. The molecule has 144 valence electrons. The Bertz CT molecular complexity index is 1100. The van der Waals surface area contributed by atoms with Crippen LogP contribution >= 0.6 is 0 Å². The van der Waals surface area contributed by atoms with Gasteiger partial charge in [-0.15, -0.1) is 0 Å². The van der Waals surface area contributed by atoms with Gasteiger partial charge in [-0.25, -0.2) is 8.78 Å². The quantitative estimate of drug-likeness (QED) is 0.454. The molecule has 3 N–H and O–H groups in total. The van der Waals surface area contributed by atoms with Gasteiger partial charge in [-0.1, -0.05) is 6.07 Å². The van der Waals surface area contributed by atoms with Gasteiger partial charge in [0, 0.05) is 24.6 Å². The van der Waals surface area contributed by atoms with Crippen LogP contribution in [0.4, 0.5) is 14.5 Å². The molecule has 1 unspecified atom stereocenters. The SMILES string of the molecule is CNC(=O)C(NC(=O)c1n[nH]c2ccc([N+](=O)[O-])cc12)c1ccc(F)c(F)c1. The van der Waals surface area contributed by atoms with Crippen LogP contribution in [0.1, 0.15) is 22.1 Å². The Morgan fingerprint density at radius 1 is 1.18 bits per heavy atom. The maximum absolute atomic E-state index is 13.5. The zero-order valence-electron chi connectivity index (χ0n) is 14.3. The predicted octanol–water partition coefficient (Wildman–Crippen LogP) is 1.97. The van der Waals surface area contributed by atoms with E-state index in [1.165, 1.54) is 25.2 Å². The molecular formula is C17H13F2N5O4. The summed E-state index contributed by atoms with van der Waals surface area (Å²) in [6.07, 6.45) is 0. The molecule has 9 nitrogen and oxygen atoms in total. The number of fused-ring (bicyclic) bond motifs is 1. The average Bonchev–Trinajstić information content (AvgIpc) is 3.10. The van der Waals surface area contributed by atoms with Gasteiger partial charge in [0.25, 0.3) is 11.6 Å². The summed E-state index contributed by atoms with van der Waals surface area (Å²) in [6, 6.07) is 5.26. The number of aromatic nitrogens is 2. The minimum absolute atomic E-state index is 0.0115. The Morgan fingerprint density at radius 3 is 2.57 bits per heavy atom. The van der Waals surface area contributed by atoms with E-state index in [0.29, 0.717) is 5.52 Å². The first-order chi connectivity index (χ1) is 13.3. The highest BCUT2D eigenvalue weighted by molar-refractivity contribution is 6.06. The molecule has 0 aliphatic heterocycles. The number of carbonyl (C=O) groups is 2. The van der Waals surface area contributed by atoms with Crippen molar-refractivity contribution >= 4 is 28.4 Å². The summed E-state index contributed by atoms with van der Waals surface area (Å²) < 4.78 is 26.7. The smallest absolute Gasteiger partial charge is 0.273 e. The Morgan fingerprint density at radius 2 is 1.93 bits per heavy atom. The van der Waals surface area contributed by atoms with Crippen molar-refractivity contribution in [2.75, 3.05) is 7.05 Å². The van der Waals surface area contributed by atoms with E-state index in [4.69, 9.17) is 0 Å². The van der Waals surface area contributed by atoms with Crippen LogP contribution in [0.5, 0.6) is 0 Å². The molecule has 1 heterocycles. The highest BCUT2D eigenvalue weighted by atomic mass is 19.2. The van der Waals surface area contributed by atoms with Gasteiger partial charge < -0.3 is 10.6 Å². The molecular weight excluding hydrogens is 376 g/mol. The fourth-order valence-corrected chi connectivity index (χ4v) is 2.62. The number of carbonyl (C=O) groups excluding carboxylic acids is 2. The van der Waals surface area contributed by atoms with Gasteiger partial charge in [-0.3, -0.25) is 24.8 Å². The lowest BCUT2D eigenvalue weighted by Crippen LogP contribution is -2.39. The summed E-state index contributed by atoms with van der Waals surface area (Å²) >= 11 is 0. The lowest BCUT2D eigenvalue weighted by molar-refractivity contribution is -0.384. The fraction of sp³-hybridized carbons (Fsp3) is 0.118. The molecule has 0 saturated carbocycles. The number of nitrogens with one attached hydrogen (secondary N) is 3. The first kappa shape index (κ1) is 18.9. The van der Waals surface area contributed by atoms with Crippen molar-refractivity contribution in [2.24, 2.45) is 0 Å². The van der Waals surface area contributed by atoms with Crippen molar-refractivity contribution in [3.05, 3.63) is 69.4 Å². The molecule has 2 aromatic carbocycles. The second-order valence-electron chi connectivity index (χ2n) is 5.75. The Hall–Kier alpha value is -3.89. The first-order valence-corrected chi connectivity index (χ1v) is 7.91. The van der Waals surface area contributed by atoms with Crippen LogP contribution in [-0.4, -0.2) is 34.0 Å². The van der Waals surface area contributed by atoms with E-state index in [0.717, 1.165) is 18.2 Å². The van der Waals surface area contributed by atoms with E-state index in [2.05, 4.69) is 20.8 Å². The maximum Gasteiger partial charge on any atom is 0.273 e. The number of benzene rings is 2. The number of nitrogens with zero attached hydrogens (tertiary/aromatic N) is 2. The normalized spacial score (nSPS) is 11.8. The Labute approximate surface area is 155 Å². The van der Waals surface area contributed by atoms with Crippen molar-refractivity contribution in [2.45, 2.75) is 6.04 Å². The number of non-ortho nitro benzene ring substituents is 1. The first-order valence-electron chi connectivity index (χ1n) is 7.91. The molecule has 11 heteroatoms. The number of likely N-dealkylation sites (N-methyl/N-ethyl adjacent to an activating group) is 1. The third-order valence-corrected chi connectivity index (χ3v) is 4.03. The number of nitro groups is 1. The largest absolute Gasteiger partial charge is 0.357 e. The molecule has 0 aliphatic carbocycles. The summed E-state index contributed by atoms with van der Waals surface area (Å²) in [5, 5.41) is 22.2. The Balaban J connectivity index is 1.97. The van der Waals surface area contributed by atoms with Crippen LogP contribution in [-0.2, 0) is 4.79 Å². The lowest BCUT2D eigenvalue weighted by Gasteiger charge is -2.17. The summed E-state index contributed by atoms with van der Waals surface area (Å²) in [5.74, 6) is -3.78. The van der Waals surface area contributed by atoms with E-state index >= 15 is 0 Å². The zero-order valence-corrected chi connectivity index (χ0v) is 14.3. The van der Waals surface area contributed by atoms with Crippen LogP contribution in [0.15, 0.2) is 36.4 Å². The second kappa shape index (κ2) is 7.39. The molecule has 0 radical (unpaired) electrons. The third-order valence-electron chi connectivity index (χ3n) is 4.03. The van der Waals surface area contributed by atoms with Crippen molar-refractivity contribution in [1.29, 1.82) is 0 Å². The minimum atomic E-state index is -1.34. The van der Waals surface area contributed by atoms with E-state index < -0.39 is 34.4 Å². The van der Waals surface area contributed by atoms with Gasteiger partial charge in [-0.05, 0) is 23.8 Å². The standard InChI is InChI=1S/C17H13F2N5O4/c1-20-16(25)14(8-2-4-11(18)12(19)6-8)21-17(26)15-10-7-9(24(27)28)3-5-13(10)22-23-15/h2-7,14H,1H3,(H,20,25)(H,21,26)(H,22,23). The highest BCUT2D eigenvalue weighted by Crippen LogP contribution is 2.23. The van der Waals surface area contributed by atoms with Crippen molar-refractivity contribution in [3.63, 3.8) is 0 Å². The fourth-order valence-electron chi connectivity index (χ4n) is 2.62. The number of rotatable bonds is 5. The third kappa shape index (κ3) is 3.49. The van der Waals surface area contributed by atoms with Crippen LogP contribution in [0.25, 0.3) is 10.9 Å². The summed E-state index contributed by atoms with van der Waals surface area (Å²) in [5.41, 5.74) is -0.0425. The number of halogens is 2. The molecule has 3 aromatic rings. The molecule has 1 aromatic heterocycles. The molecule has 0 aliphatic rings. The van der Waals surface area contributed by atoms with Crippen molar-refractivity contribution in [1.82, 2.24) is 20.8 Å². The van der Waals surface area contributed by atoms with Gasteiger partial charge >= 0.3 is 0 Å². The molecule has 3 rings (SSSR count). The van der Waals surface area contributed by atoms with E-state index in [1.54, 1.807) is 0 Å². The van der Waals surface area contributed by atoms with Gasteiger partial charge in [0.1, 0.15) is 6.04 Å². The minimum Gasteiger partial charge on any atom is -0.357 e. The number of nitro benzene ring substituents is 1. The van der Waals surface area contributed by atoms with Crippen LogP contribution in [0, 0.1) is 21.7 Å². The van der Waals surface area contributed by atoms with E-state index in [-0.39, 0.29) is 22.3 Å². The van der Waals surface area contributed by atoms with Crippen LogP contribution < -0.4 is 10.6 Å². The van der Waals surface area contributed by atoms with Gasteiger partial charge in [0.05, 0.1) is 10.4 Å². The topological polar surface area (TPSA) is 130 Å². The second-order valence-corrected chi connectivity index (χ2v) is 5.75. The summed E-state index contributed by atoms with van der Waals surface area (Å²) in [4.78, 5) is 35.1. The molecule has 0 fully saturated rings. The van der Waals surface area contributed by atoms with Crippen molar-refractivity contribution in [3.8, 4) is 0 Å². The van der Waals surface area contributed by atoms with Crippen LogP contribution in [0.3, 0.4) is 0 Å². The maximum atomic E-state index is 13.5. The molecule has 1 atom stereocenters. The monoisotopic (exact) mass is 389 g/mol. The number of hydrogen-bond acceptors (Lipinski definition) is 5. The molecule has 28 heavy (non-hydrogen) atoms. The van der Waals surface area contributed by atoms with Gasteiger partial charge in [-0.2, -0.15) is 5.10 Å². The lowest BCUT2D eigenvalue weighted by atomic mass is 10.1. The highest BCUT2D eigenvalue weighted by Gasteiger charge is 2.26. The summed E-state index contributed by atoms with van der Waals surface area (Å²) in [7, 11) is 1.31. The van der Waals surface area contributed by atoms with Gasteiger partial charge in [0.2, 0.25) is 5.91 Å². The van der Waals surface area contributed by atoms with Gasteiger partial charge in [0.15, 0.2) is 17.3 Å². The number of aromatic amines is 1. The van der Waals surface area contributed by atoms with E-state index in [9.17, 15) is 28.5 Å². The number of hydrogen-bond donors (Lipinski definition) is 3. The van der Waals surface area contributed by atoms with Crippen LogP contribution in [0.2, 0.25) is 0 Å².